The normalized spacial score (nSPS) is 11.9. The van der Waals surface area contributed by atoms with E-state index in [1.165, 1.54) is 14.2 Å². The molecule has 1 N–H and O–H groups in total. The smallest absolute Gasteiger partial charge is 0.328 e. The zero-order valence-electron chi connectivity index (χ0n) is 11.0. The maximum atomic E-state index is 11.4. The van der Waals surface area contributed by atoms with Crippen molar-refractivity contribution < 1.29 is 19.1 Å². The molecule has 5 nitrogen and oxygen atoms in total. The van der Waals surface area contributed by atoms with Crippen LogP contribution in [0.15, 0.2) is 0 Å². The van der Waals surface area contributed by atoms with Crippen molar-refractivity contribution in [2.45, 2.75) is 45.1 Å². The van der Waals surface area contributed by atoms with Gasteiger partial charge in [-0.15, -0.1) is 0 Å². The van der Waals surface area contributed by atoms with Crippen molar-refractivity contribution in [1.82, 2.24) is 5.32 Å². The van der Waals surface area contributed by atoms with Crippen molar-refractivity contribution in [1.29, 1.82) is 0 Å². The second-order valence-corrected chi connectivity index (χ2v) is 3.93. The number of unbranched alkanes of at least 4 members (excludes halogenated alkanes) is 3. The van der Waals surface area contributed by atoms with Crippen LogP contribution in [0.25, 0.3) is 0 Å². The molecule has 0 bridgehead atoms. The van der Waals surface area contributed by atoms with E-state index in [9.17, 15) is 9.59 Å². The monoisotopic (exact) mass is 245 g/mol. The first kappa shape index (κ1) is 15.9. The average Bonchev–Trinajstić information content (AvgIpc) is 2.32. The van der Waals surface area contributed by atoms with Crippen LogP contribution in [0, 0.1) is 0 Å². The second-order valence-electron chi connectivity index (χ2n) is 3.93. The molecule has 1 amide bonds. The standard InChI is InChI=1S/C12H23NO4/c1-4-5-6-7-8-10(12(15)17-3)13-11(14)9-16-2/h10H,4-9H2,1-3H3,(H,13,14)/t10-/m1/s1. The number of carbonyl (C=O) groups is 2. The minimum Gasteiger partial charge on any atom is -0.467 e. The largest absolute Gasteiger partial charge is 0.467 e. The molecule has 0 aliphatic carbocycles. The second kappa shape index (κ2) is 10.1. The van der Waals surface area contributed by atoms with Crippen LogP contribution < -0.4 is 5.32 Å². The van der Waals surface area contributed by atoms with E-state index >= 15 is 0 Å². The van der Waals surface area contributed by atoms with Gasteiger partial charge in [0.05, 0.1) is 7.11 Å². The Morgan fingerprint density at radius 3 is 2.41 bits per heavy atom. The van der Waals surface area contributed by atoms with Gasteiger partial charge in [-0.3, -0.25) is 4.79 Å². The van der Waals surface area contributed by atoms with Crippen LogP contribution in [-0.2, 0) is 19.1 Å². The number of rotatable bonds is 9. The van der Waals surface area contributed by atoms with Gasteiger partial charge in [0.1, 0.15) is 12.6 Å². The van der Waals surface area contributed by atoms with Crippen molar-refractivity contribution >= 4 is 11.9 Å². The zero-order chi connectivity index (χ0) is 13.1. The van der Waals surface area contributed by atoms with E-state index in [1.807, 2.05) is 0 Å². The third kappa shape index (κ3) is 7.74. The highest BCUT2D eigenvalue weighted by atomic mass is 16.5. The molecule has 0 aliphatic heterocycles. The summed E-state index contributed by atoms with van der Waals surface area (Å²) in [5.74, 6) is -0.690. The van der Waals surface area contributed by atoms with E-state index in [0.29, 0.717) is 6.42 Å². The zero-order valence-corrected chi connectivity index (χ0v) is 11.0. The van der Waals surface area contributed by atoms with Crippen molar-refractivity contribution in [3.05, 3.63) is 0 Å². The number of ether oxygens (including phenoxy) is 2. The fourth-order valence-electron chi connectivity index (χ4n) is 1.53. The topological polar surface area (TPSA) is 64.6 Å². The summed E-state index contributed by atoms with van der Waals surface area (Å²) in [5.41, 5.74) is 0. The maximum Gasteiger partial charge on any atom is 0.328 e. The first-order chi connectivity index (χ1) is 8.15. The van der Waals surface area contributed by atoms with E-state index < -0.39 is 12.0 Å². The lowest BCUT2D eigenvalue weighted by Crippen LogP contribution is -2.43. The van der Waals surface area contributed by atoms with E-state index in [1.54, 1.807) is 0 Å². The Kier molecular flexibility index (Phi) is 9.43. The van der Waals surface area contributed by atoms with Gasteiger partial charge in [-0.25, -0.2) is 4.79 Å². The Labute approximate surface area is 103 Å². The van der Waals surface area contributed by atoms with Crippen LogP contribution in [0.5, 0.6) is 0 Å². The summed E-state index contributed by atoms with van der Waals surface area (Å²) in [6, 6.07) is -0.556. The van der Waals surface area contributed by atoms with Crippen molar-refractivity contribution in [2.24, 2.45) is 0 Å². The van der Waals surface area contributed by atoms with Crippen molar-refractivity contribution in [3.8, 4) is 0 Å². The number of hydrogen-bond acceptors (Lipinski definition) is 4. The summed E-state index contributed by atoms with van der Waals surface area (Å²) < 4.78 is 9.35. The highest BCUT2D eigenvalue weighted by Crippen LogP contribution is 2.06. The molecule has 0 aromatic heterocycles. The van der Waals surface area contributed by atoms with Crippen LogP contribution in [0.2, 0.25) is 0 Å². The van der Waals surface area contributed by atoms with Gasteiger partial charge in [-0.1, -0.05) is 32.6 Å². The Balaban J connectivity index is 4.05. The molecule has 17 heavy (non-hydrogen) atoms. The van der Waals surface area contributed by atoms with Crippen LogP contribution >= 0.6 is 0 Å². The summed E-state index contributed by atoms with van der Waals surface area (Å²) in [6.45, 7) is 2.08. The van der Waals surface area contributed by atoms with Crippen molar-refractivity contribution in [3.63, 3.8) is 0 Å². The van der Waals surface area contributed by atoms with Gasteiger partial charge >= 0.3 is 5.97 Å². The fourth-order valence-corrected chi connectivity index (χ4v) is 1.53. The molecule has 0 heterocycles. The molecule has 100 valence electrons. The van der Waals surface area contributed by atoms with Crippen molar-refractivity contribution in [2.75, 3.05) is 20.8 Å². The molecule has 0 aromatic rings. The summed E-state index contributed by atoms with van der Waals surface area (Å²) >= 11 is 0. The summed E-state index contributed by atoms with van der Waals surface area (Å²) in [7, 11) is 2.76. The van der Waals surface area contributed by atoms with Crippen LogP contribution in [0.3, 0.4) is 0 Å². The van der Waals surface area contributed by atoms with Gasteiger partial charge in [0.15, 0.2) is 0 Å². The van der Waals surface area contributed by atoms with Crippen LogP contribution in [-0.4, -0.2) is 38.7 Å². The molecule has 0 saturated heterocycles. The first-order valence-electron chi connectivity index (χ1n) is 6.01. The highest BCUT2D eigenvalue weighted by molar-refractivity contribution is 5.84. The van der Waals surface area contributed by atoms with E-state index in [2.05, 4.69) is 17.0 Å². The number of nitrogens with one attached hydrogen (secondary N) is 1. The summed E-state index contributed by atoms with van der Waals surface area (Å²) in [4.78, 5) is 22.8. The molecular weight excluding hydrogens is 222 g/mol. The molecule has 0 unspecified atom stereocenters. The molecule has 0 saturated carbocycles. The summed E-state index contributed by atoms with van der Waals surface area (Å²) in [6.07, 6.45) is 4.85. The predicted molar refractivity (Wildman–Crippen MR) is 64.6 cm³/mol. The SMILES string of the molecule is CCCCCC[C@@H](NC(=O)COC)C(=O)OC. The van der Waals surface area contributed by atoms with Gasteiger partial charge in [0.2, 0.25) is 5.91 Å². The Bertz CT molecular complexity index is 231. The third-order valence-electron chi connectivity index (χ3n) is 2.44. The number of hydrogen-bond donors (Lipinski definition) is 1. The minimum absolute atomic E-state index is 0.0392. The lowest BCUT2D eigenvalue weighted by Gasteiger charge is -2.16. The average molecular weight is 245 g/mol. The summed E-state index contributed by atoms with van der Waals surface area (Å²) in [5, 5.41) is 2.61. The van der Waals surface area contributed by atoms with Gasteiger partial charge in [-0.2, -0.15) is 0 Å². The van der Waals surface area contributed by atoms with Gasteiger partial charge in [0, 0.05) is 7.11 Å². The molecule has 5 heteroatoms. The number of methoxy groups -OCH3 is 2. The Hall–Kier alpha value is -1.10. The quantitative estimate of drug-likeness (QED) is 0.490. The molecule has 0 aliphatic rings. The van der Waals surface area contributed by atoms with E-state index in [0.717, 1.165) is 25.7 Å². The first-order valence-corrected chi connectivity index (χ1v) is 6.01. The minimum atomic E-state index is -0.556. The fraction of sp³-hybridized carbons (Fsp3) is 0.833. The Morgan fingerprint density at radius 2 is 1.88 bits per heavy atom. The highest BCUT2D eigenvalue weighted by Gasteiger charge is 2.20. The molecule has 0 fully saturated rings. The molecule has 0 radical (unpaired) electrons. The lowest BCUT2D eigenvalue weighted by atomic mass is 10.1. The number of carbonyl (C=O) groups excluding carboxylic acids is 2. The molecular formula is C12H23NO4. The molecule has 0 rings (SSSR count). The lowest BCUT2D eigenvalue weighted by molar-refractivity contribution is -0.145. The molecule has 0 spiro atoms. The van der Waals surface area contributed by atoms with Gasteiger partial charge < -0.3 is 14.8 Å². The molecule has 1 atom stereocenters. The predicted octanol–water partition coefficient (Wildman–Crippen LogP) is 1.26. The number of amides is 1. The van der Waals surface area contributed by atoms with Gasteiger partial charge in [-0.05, 0) is 6.42 Å². The molecule has 0 aromatic carbocycles. The van der Waals surface area contributed by atoms with E-state index in [4.69, 9.17) is 4.74 Å². The van der Waals surface area contributed by atoms with Crippen LogP contribution in [0.1, 0.15) is 39.0 Å². The van der Waals surface area contributed by atoms with Gasteiger partial charge in [0.25, 0.3) is 0 Å². The van der Waals surface area contributed by atoms with Crippen LogP contribution in [0.4, 0.5) is 0 Å². The maximum absolute atomic E-state index is 11.4. The number of esters is 1. The Morgan fingerprint density at radius 1 is 1.18 bits per heavy atom. The third-order valence-corrected chi connectivity index (χ3v) is 2.44. The van der Waals surface area contributed by atoms with E-state index in [-0.39, 0.29) is 12.5 Å².